The van der Waals surface area contributed by atoms with Crippen molar-refractivity contribution in [3.63, 3.8) is 0 Å². The highest BCUT2D eigenvalue weighted by Gasteiger charge is 2.11. The van der Waals surface area contributed by atoms with Crippen molar-refractivity contribution >= 4 is 33.9 Å². The molecule has 3 rings (SSSR count). The fourth-order valence-electron chi connectivity index (χ4n) is 1.85. The van der Waals surface area contributed by atoms with Gasteiger partial charge in [0.15, 0.2) is 5.13 Å². The lowest BCUT2D eigenvalue weighted by Gasteiger charge is -2.04. The third-order valence-corrected chi connectivity index (χ3v) is 3.74. The number of hydrogen-bond donors (Lipinski definition) is 2. The number of carbonyl (C=O) groups is 1. The van der Waals surface area contributed by atoms with E-state index in [2.05, 4.69) is 20.6 Å². The van der Waals surface area contributed by atoms with Gasteiger partial charge in [0.2, 0.25) is 0 Å². The first kappa shape index (κ1) is 15.0. The van der Waals surface area contributed by atoms with Crippen LogP contribution in [0.2, 0.25) is 0 Å². The number of amides is 1. The highest BCUT2D eigenvalue weighted by Crippen LogP contribution is 2.21. The van der Waals surface area contributed by atoms with Gasteiger partial charge in [-0.25, -0.2) is 9.97 Å². The molecular weight excluding hydrogens is 312 g/mol. The molecule has 0 fully saturated rings. The molecular formula is C16H14N4O2S. The van der Waals surface area contributed by atoms with E-state index in [-0.39, 0.29) is 5.91 Å². The van der Waals surface area contributed by atoms with E-state index in [9.17, 15) is 4.79 Å². The van der Waals surface area contributed by atoms with Crippen LogP contribution in [-0.2, 0) is 0 Å². The number of hydrogen-bond acceptors (Lipinski definition) is 6. The number of nitrogens with one attached hydrogen (secondary N) is 2. The summed E-state index contributed by atoms with van der Waals surface area (Å²) in [5, 5.41) is 8.16. The van der Waals surface area contributed by atoms with E-state index < -0.39 is 0 Å². The molecule has 0 saturated carbocycles. The maximum absolute atomic E-state index is 12.2. The molecule has 0 atom stereocenters. The van der Waals surface area contributed by atoms with Crippen molar-refractivity contribution in [2.45, 2.75) is 0 Å². The van der Waals surface area contributed by atoms with Crippen LogP contribution in [0.25, 0.3) is 0 Å². The minimum atomic E-state index is -0.263. The summed E-state index contributed by atoms with van der Waals surface area (Å²) in [6.45, 7) is 0. The van der Waals surface area contributed by atoms with Gasteiger partial charge in [-0.1, -0.05) is 6.07 Å². The minimum Gasteiger partial charge on any atom is -0.497 e. The standard InChI is InChI=1S/C16H14N4O2S/c1-22-12-7-5-11(6-8-12)18-15(21)13-10-23-16(19-13)20-14-4-2-3-9-17-14/h2-10H,1H3,(H,18,21)(H,17,19,20). The molecule has 7 heteroatoms. The Balaban J connectivity index is 1.66. The summed E-state index contributed by atoms with van der Waals surface area (Å²) in [4.78, 5) is 20.6. The van der Waals surface area contributed by atoms with E-state index in [4.69, 9.17) is 4.74 Å². The minimum absolute atomic E-state index is 0.263. The quantitative estimate of drug-likeness (QED) is 0.750. The van der Waals surface area contributed by atoms with Crippen molar-refractivity contribution < 1.29 is 9.53 Å². The van der Waals surface area contributed by atoms with Gasteiger partial charge in [0.25, 0.3) is 5.91 Å². The number of thiazole rings is 1. The van der Waals surface area contributed by atoms with Crippen molar-refractivity contribution in [3.8, 4) is 5.75 Å². The van der Waals surface area contributed by atoms with Gasteiger partial charge >= 0.3 is 0 Å². The molecule has 116 valence electrons. The first-order valence-corrected chi connectivity index (χ1v) is 7.71. The summed E-state index contributed by atoms with van der Waals surface area (Å²) in [6.07, 6.45) is 1.69. The van der Waals surface area contributed by atoms with Gasteiger partial charge in [-0.3, -0.25) is 4.79 Å². The normalized spacial score (nSPS) is 10.1. The number of methoxy groups -OCH3 is 1. The van der Waals surface area contributed by atoms with Crippen molar-refractivity contribution in [1.29, 1.82) is 0 Å². The Morgan fingerprint density at radius 1 is 1.17 bits per heavy atom. The molecule has 0 aliphatic carbocycles. The van der Waals surface area contributed by atoms with Crippen LogP contribution >= 0.6 is 11.3 Å². The lowest BCUT2D eigenvalue weighted by atomic mass is 10.3. The second-order valence-electron chi connectivity index (χ2n) is 4.56. The van der Waals surface area contributed by atoms with Gasteiger partial charge in [0.05, 0.1) is 7.11 Å². The number of nitrogens with zero attached hydrogens (tertiary/aromatic N) is 2. The molecule has 3 aromatic rings. The van der Waals surface area contributed by atoms with Gasteiger partial charge < -0.3 is 15.4 Å². The molecule has 23 heavy (non-hydrogen) atoms. The van der Waals surface area contributed by atoms with Gasteiger partial charge in [0.1, 0.15) is 17.3 Å². The predicted octanol–water partition coefficient (Wildman–Crippen LogP) is 3.54. The molecule has 1 aromatic carbocycles. The zero-order chi connectivity index (χ0) is 16.1. The molecule has 1 amide bonds. The number of pyridine rings is 1. The second kappa shape index (κ2) is 6.89. The number of ether oxygens (including phenoxy) is 1. The first-order valence-electron chi connectivity index (χ1n) is 6.83. The van der Waals surface area contributed by atoms with E-state index in [0.29, 0.717) is 22.3 Å². The summed E-state index contributed by atoms with van der Waals surface area (Å²) in [7, 11) is 1.60. The lowest BCUT2D eigenvalue weighted by Crippen LogP contribution is -2.12. The number of rotatable bonds is 5. The molecule has 0 spiro atoms. The van der Waals surface area contributed by atoms with Gasteiger partial charge in [-0.2, -0.15) is 0 Å². The third kappa shape index (κ3) is 3.83. The smallest absolute Gasteiger partial charge is 0.275 e. The lowest BCUT2D eigenvalue weighted by molar-refractivity contribution is 0.102. The number of carbonyl (C=O) groups excluding carboxylic acids is 1. The zero-order valence-corrected chi connectivity index (χ0v) is 13.1. The highest BCUT2D eigenvalue weighted by molar-refractivity contribution is 7.14. The molecule has 6 nitrogen and oxygen atoms in total. The zero-order valence-electron chi connectivity index (χ0n) is 12.3. The summed E-state index contributed by atoms with van der Waals surface area (Å²) < 4.78 is 5.08. The number of benzene rings is 1. The van der Waals surface area contributed by atoms with Crippen molar-refractivity contribution in [2.75, 3.05) is 17.7 Å². The Morgan fingerprint density at radius 2 is 2.00 bits per heavy atom. The van der Waals surface area contributed by atoms with Crippen molar-refractivity contribution in [2.24, 2.45) is 0 Å². The number of anilines is 3. The molecule has 0 aliphatic heterocycles. The Morgan fingerprint density at radius 3 is 2.70 bits per heavy atom. The van der Waals surface area contributed by atoms with Gasteiger partial charge in [-0.05, 0) is 36.4 Å². The van der Waals surface area contributed by atoms with E-state index in [1.54, 1.807) is 43.0 Å². The monoisotopic (exact) mass is 326 g/mol. The molecule has 2 N–H and O–H groups in total. The van der Waals surface area contributed by atoms with E-state index >= 15 is 0 Å². The molecule has 0 saturated heterocycles. The van der Waals surface area contributed by atoms with Crippen LogP contribution < -0.4 is 15.4 Å². The molecule has 2 heterocycles. The topological polar surface area (TPSA) is 76.1 Å². The third-order valence-electron chi connectivity index (χ3n) is 2.98. The van der Waals surface area contributed by atoms with Crippen LogP contribution in [0.4, 0.5) is 16.6 Å². The van der Waals surface area contributed by atoms with Crippen LogP contribution in [0, 0.1) is 0 Å². The molecule has 0 radical (unpaired) electrons. The molecule has 0 aliphatic rings. The van der Waals surface area contributed by atoms with E-state index in [1.807, 2.05) is 18.2 Å². The average molecular weight is 326 g/mol. The fraction of sp³-hybridized carbons (Fsp3) is 0.0625. The SMILES string of the molecule is COc1ccc(NC(=O)c2csc(Nc3ccccn3)n2)cc1. The summed E-state index contributed by atoms with van der Waals surface area (Å²) in [5.74, 6) is 1.16. The average Bonchev–Trinajstić information content (AvgIpc) is 3.05. The molecule has 0 bridgehead atoms. The van der Waals surface area contributed by atoms with Crippen LogP contribution in [0.3, 0.4) is 0 Å². The maximum Gasteiger partial charge on any atom is 0.275 e. The highest BCUT2D eigenvalue weighted by atomic mass is 32.1. The molecule has 2 aromatic heterocycles. The summed E-state index contributed by atoms with van der Waals surface area (Å²) in [5.41, 5.74) is 1.03. The van der Waals surface area contributed by atoms with Crippen LogP contribution in [0.15, 0.2) is 54.0 Å². The second-order valence-corrected chi connectivity index (χ2v) is 5.42. The maximum atomic E-state index is 12.2. The van der Waals surface area contributed by atoms with Crippen molar-refractivity contribution in [1.82, 2.24) is 9.97 Å². The Kier molecular flexibility index (Phi) is 4.49. The van der Waals surface area contributed by atoms with E-state index in [1.165, 1.54) is 11.3 Å². The summed E-state index contributed by atoms with van der Waals surface area (Å²) >= 11 is 1.35. The van der Waals surface area contributed by atoms with Gasteiger partial charge in [0, 0.05) is 17.3 Å². The van der Waals surface area contributed by atoms with Crippen LogP contribution in [0.5, 0.6) is 5.75 Å². The first-order chi connectivity index (χ1) is 11.2. The molecule has 0 unspecified atom stereocenters. The fourth-order valence-corrected chi connectivity index (χ4v) is 2.55. The predicted molar refractivity (Wildman–Crippen MR) is 90.6 cm³/mol. The van der Waals surface area contributed by atoms with Gasteiger partial charge in [-0.15, -0.1) is 11.3 Å². The Hall–Kier alpha value is -2.93. The Bertz CT molecular complexity index is 787. The van der Waals surface area contributed by atoms with Crippen LogP contribution in [-0.4, -0.2) is 23.0 Å². The Labute approximate surface area is 137 Å². The van der Waals surface area contributed by atoms with E-state index in [0.717, 1.165) is 5.75 Å². The van der Waals surface area contributed by atoms with Crippen molar-refractivity contribution in [3.05, 3.63) is 59.7 Å². The summed E-state index contributed by atoms with van der Waals surface area (Å²) in [6, 6.07) is 12.7. The largest absolute Gasteiger partial charge is 0.497 e. The number of aromatic nitrogens is 2. The van der Waals surface area contributed by atoms with Crippen LogP contribution in [0.1, 0.15) is 10.5 Å².